The topological polar surface area (TPSA) is 51.0 Å². The highest BCUT2D eigenvalue weighted by Gasteiger charge is 2.28. The summed E-state index contributed by atoms with van der Waals surface area (Å²) in [5, 5.41) is 7.14. The largest absolute Gasteiger partial charge is 0.335 e. The number of anilines is 1. The summed E-state index contributed by atoms with van der Waals surface area (Å²) in [5.74, 6) is 1.89. The minimum Gasteiger partial charge on any atom is -0.335 e. The molecule has 1 saturated carbocycles. The van der Waals surface area contributed by atoms with Gasteiger partial charge in [0.2, 0.25) is 0 Å². The fourth-order valence-corrected chi connectivity index (χ4v) is 1.44. The molecule has 0 spiro atoms. The molecule has 0 radical (unpaired) electrons. The van der Waals surface area contributed by atoms with E-state index < -0.39 is 0 Å². The third-order valence-corrected chi connectivity index (χ3v) is 2.64. The second-order valence-electron chi connectivity index (χ2n) is 4.38. The normalized spacial score (nSPS) is 18.6. The standard InChI is InChI=1S/C10H17N3O/c1-6(2)9-12-10(14-13-9)11-7(3)8-4-5-8/h6-8H,4-5H2,1-3H3,(H,11,12,13). The van der Waals surface area contributed by atoms with Gasteiger partial charge < -0.3 is 9.84 Å². The highest BCUT2D eigenvalue weighted by molar-refractivity contribution is 5.22. The molecule has 14 heavy (non-hydrogen) atoms. The highest BCUT2D eigenvalue weighted by Crippen LogP contribution is 2.33. The first kappa shape index (κ1) is 9.49. The van der Waals surface area contributed by atoms with Crippen molar-refractivity contribution in [1.82, 2.24) is 10.1 Å². The smallest absolute Gasteiger partial charge is 0.321 e. The Morgan fingerprint density at radius 1 is 1.36 bits per heavy atom. The molecule has 1 N–H and O–H groups in total. The van der Waals surface area contributed by atoms with Gasteiger partial charge in [-0.1, -0.05) is 19.0 Å². The Kier molecular flexibility index (Phi) is 2.44. The number of hydrogen-bond acceptors (Lipinski definition) is 4. The van der Waals surface area contributed by atoms with Gasteiger partial charge in [0.1, 0.15) is 0 Å². The lowest BCUT2D eigenvalue weighted by molar-refractivity contribution is 0.414. The minimum atomic E-state index is 0.325. The van der Waals surface area contributed by atoms with Gasteiger partial charge in [-0.2, -0.15) is 4.98 Å². The van der Waals surface area contributed by atoms with Gasteiger partial charge in [-0.05, 0) is 25.7 Å². The molecule has 2 rings (SSSR count). The monoisotopic (exact) mass is 195 g/mol. The van der Waals surface area contributed by atoms with Crippen LogP contribution >= 0.6 is 0 Å². The van der Waals surface area contributed by atoms with Gasteiger partial charge >= 0.3 is 6.01 Å². The maximum atomic E-state index is 5.10. The van der Waals surface area contributed by atoms with Gasteiger partial charge in [0, 0.05) is 12.0 Å². The first-order valence-corrected chi connectivity index (χ1v) is 5.27. The van der Waals surface area contributed by atoms with Crippen LogP contribution in [0.25, 0.3) is 0 Å². The number of rotatable bonds is 4. The Balaban J connectivity index is 1.95. The Morgan fingerprint density at radius 3 is 2.57 bits per heavy atom. The van der Waals surface area contributed by atoms with Crippen molar-refractivity contribution in [2.75, 3.05) is 5.32 Å². The molecule has 0 saturated heterocycles. The predicted octanol–water partition coefficient (Wildman–Crippen LogP) is 2.40. The molecular formula is C10H17N3O. The molecule has 78 valence electrons. The lowest BCUT2D eigenvalue weighted by atomic mass is 10.2. The lowest BCUT2D eigenvalue weighted by Gasteiger charge is -2.08. The number of nitrogens with one attached hydrogen (secondary N) is 1. The molecule has 1 unspecified atom stereocenters. The molecule has 1 aromatic heterocycles. The summed E-state index contributed by atoms with van der Waals surface area (Å²) in [6.45, 7) is 6.27. The van der Waals surface area contributed by atoms with E-state index in [1.165, 1.54) is 12.8 Å². The number of nitrogens with zero attached hydrogens (tertiary/aromatic N) is 2. The van der Waals surface area contributed by atoms with Crippen LogP contribution in [0.3, 0.4) is 0 Å². The van der Waals surface area contributed by atoms with Crippen LogP contribution in [0.2, 0.25) is 0 Å². The third kappa shape index (κ3) is 2.05. The number of hydrogen-bond donors (Lipinski definition) is 1. The van der Waals surface area contributed by atoms with E-state index in [-0.39, 0.29) is 0 Å². The van der Waals surface area contributed by atoms with Crippen LogP contribution in [-0.4, -0.2) is 16.2 Å². The summed E-state index contributed by atoms with van der Waals surface area (Å²) in [7, 11) is 0. The first-order chi connectivity index (χ1) is 6.66. The van der Waals surface area contributed by atoms with E-state index in [0.717, 1.165) is 11.7 Å². The van der Waals surface area contributed by atoms with Crippen LogP contribution in [0.15, 0.2) is 4.52 Å². The molecule has 1 atom stereocenters. The van der Waals surface area contributed by atoms with Crippen LogP contribution in [0.1, 0.15) is 45.4 Å². The predicted molar refractivity (Wildman–Crippen MR) is 54.2 cm³/mol. The van der Waals surface area contributed by atoms with Crippen molar-refractivity contribution in [1.29, 1.82) is 0 Å². The van der Waals surface area contributed by atoms with Crippen molar-refractivity contribution in [3.8, 4) is 0 Å². The van der Waals surface area contributed by atoms with E-state index in [4.69, 9.17) is 4.52 Å². The summed E-state index contributed by atoms with van der Waals surface area (Å²) < 4.78 is 5.10. The van der Waals surface area contributed by atoms with Crippen molar-refractivity contribution in [2.45, 2.75) is 45.6 Å². The van der Waals surface area contributed by atoms with Crippen molar-refractivity contribution < 1.29 is 4.52 Å². The lowest BCUT2D eigenvalue weighted by Crippen LogP contribution is -2.17. The molecule has 4 nitrogen and oxygen atoms in total. The molecule has 1 fully saturated rings. The quantitative estimate of drug-likeness (QED) is 0.801. The van der Waals surface area contributed by atoms with Gasteiger partial charge in [0.15, 0.2) is 5.82 Å². The van der Waals surface area contributed by atoms with Gasteiger partial charge in [-0.3, -0.25) is 0 Å². The molecule has 0 bridgehead atoms. The molecule has 4 heteroatoms. The summed E-state index contributed by atoms with van der Waals surface area (Å²) in [6, 6.07) is 1.02. The van der Waals surface area contributed by atoms with E-state index in [0.29, 0.717) is 18.0 Å². The van der Waals surface area contributed by atoms with E-state index in [1.807, 2.05) is 0 Å². The zero-order valence-corrected chi connectivity index (χ0v) is 8.95. The van der Waals surface area contributed by atoms with Crippen LogP contribution in [0.5, 0.6) is 0 Å². The molecule has 1 aliphatic carbocycles. The first-order valence-electron chi connectivity index (χ1n) is 5.27. The molecule has 0 aliphatic heterocycles. The van der Waals surface area contributed by atoms with E-state index >= 15 is 0 Å². The molecular weight excluding hydrogens is 178 g/mol. The SMILES string of the molecule is CC(C)c1noc(NC(C)C2CC2)n1. The second-order valence-corrected chi connectivity index (χ2v) is 4.38. The van der Waals surface area contributed by atoms with Gasteiger partial charge in [-0.25, -0.2) is 0 Å². The van der Waals surface area contributed by atoms with E-state index in [9.17, 15) is 0 Å². The van der Waals surface area contributed by atoms with Crippen LogP contribution < -0.4 is 5.32 Å². The molecule has 0 amide bonds. The van der Waals surface area contributed by atoms with Crippen molar-refractivity contribution in [3.05, 3.63) is 5.82 Å². The van der Waals surface area contributed by atoms with Gasteiger partial charge in [-0.15, -0.1) is 0 Å². The van der Waals surface area contributed by atoms with E-state index in [2.05, 4.69) is 36.2 Å². The van der Waals surface area contributed by atoms with Crippen LogP contribution in [0, 0.1) is 5.92 Å². The zero-order valence-electron chi connectivity index (χ0n) is 8.95. The zero-order chi connectivity index (χ0) is 10.1. The molecule has 1 aromatic rings. The van der Waals surface area contributed by atoms with Crippen molar-refractivity contribution in [2.24, 2.45) is 5.92 Å². The summed E-state index contributed by atoms with van der Waals surface area (Å²) in [5.41, 5.74) is 0. The minimum absolute atomic E-state index is 0.325. The highest BCUT2D eigenvalue weighted by atomic mass is 16.5. The second kappa shape index (κ2) is 3.59. The van der Waals surface area contributed by atoms with Crippen LogP contribution in [-0.2, 0) is 0 Å². The van der Waals surface area contributed by atoms with Crippen molar-refractivity contribution in [3.63, 3.8) is 0 Å². The van der Waals surface area contributed by atoms with Gasteiger partial charge in [0.25, 0.3) is 0 Å². The van der Waals surface area contributed by atoms with E-state index in [1.54, 1.807) is 0 Å². The maximum absolute atomic E-state index is 5.10. The molecule has 1 aliphatic rings. The average Bonchev–Trinajstić information content (AvgIpc) is 2.87. The Labute approximate surface area is 84.1 Å². The summed E-state index contributed by atoms with van der Waals surface area (Å²) in [4.78, 5) is 4.27. The Hall–Kier alpha value is -1.06. The average molecular weight is 195 g/mol. The van der Waals surface area contributed by atoms with Crippen LogP contribution in [0.4, 0.5) is 6.01 Å². The van der Waals surface area contributed by atoms with Gasteiger partial charge in [0.05, 0.1) is 0 Å². The Bertz CT molecular complexity index is 304. The maximum Gasteiger partial charge on any atom is 0.321 e. The molecule has 0 aromatic carbocycles. The fraction of sp³-hybridized carbons (Fsp3) is 0.800. The summed E-state index contributed by atoms with van der Waals surface area (Å²) in [6.07, 6.45) is 2.64. The fourth-order valence-electron chi connectivity index (χ4n) is 1.44. The number of aromatic nitrogens is 2. The van der Waals surface area contributed by atoms with Crippen molar-refractivity contribution >= 4 is 6.01 Å². The Morgan fingerprint density at radius 2 is 2.07 bits per heavy atom. The third-order valence-electron chi connectivity index (χ3n) is 2.64. The molecule has 1 heterocycles. The summed E-state index contributed by atoms with van der Waals surface area (Å²) >= 11 is 0.